The van der Waals surface area contributed by atoms with Crippen LogP contribution in [0, 0.1) is 13.8 Å². The molecule has 7 heteroatoms. The van der Waals surface area contributed by atoms with E-state index in [-0.39, 0.29) is 17.2 Å². The van der Waals surface area contributed by atoms with Gasteiger partial charge in [-0.1, -0.05) is 6.07 Å². The summed E-state index contributed by atoms with van der Waals surface area (Å²) in [5, 5.41) is 2.73. The van der Waals surface area contributed by atoms with Crippen molar-refractivity contribution in [3.8, 4) is 0 Å². The summed E-state index contributed by atoms with van der Waals surface area (Å²) in [5.74, 6) is -0.0958. The van der Waals surface area contributed by atoms with Gasteiger partial charge in [-0.3, -0.25) is 4.79 Å². The third kappa shape index (κ3) is 3.33. The van der Waals surface area contributed by atoms with Crippen LogP contribution in [0.3, 0.4) is 0 Å². The van der Waals surface area contributed by atoms with Gasteiger partial charge in [-0.15, -0.1) is 0 Å². The van der Waals surface area contributed by atoms with Crippen LogP contribution in [0.15, 0.2) is 41.3 Å². The zero-order valence-corrected chi connectivity index (χ0v) is 16.3. The van der Waals surface area contributed by atoms with Crippen LogP contribution in [-0.4, -0.2) is 44.8 Å². The molecule has 4 rings (SSSR count). The highest BCUT2D eigenvalue weighted by atomic mass is 32.2. The number of benzene rings is 2. The summed E-state index contributed by atoms with van der Waals surface area (Å²) in [6, 6.07) is 11.2. The Bertz CT molecular complexity index is 1010. The van der Waals surface area contributed by atoms with Crippen LogP contribution in [0.25, 0.3) is 0 Å². The highest BCUT2D eigenvalue weighted by molar-refractivity contribution is 7.89. The number of rotatable bonds is 3. The zero-order chi connectivity index (χ0) is 19.2. The summed E-state index contributed by atoms with van der Waals surface area (Å²) >= 11 is 0. The molecule has 1 N–H and O–H groups in total. The van der Waals surface area contributed by atoms with Crippen molar-refractivity contribution in [1.82, 2.24) is 4.31 Å². The minimum absolute atomic E-state index is 0.0958. The third-order valence-electron chi connectivity index (χ3n) is 5.43. The number of aryl methyl sites for hydroxylation is 2. The van der Waals surface area contributed by atoms with E-state index in [4.69, 9.17) is 0 Å². The number of carbonyl (C=O) groups is 1. The number of fused-ring (bicyclic) bond motifs is 1. The molecule has 1 amide bonds. The molecule has 0 saturated carbocycles. The predicted molar refractivity (Wildman–Crippen MR) is 106 cm³/mol. The van der Waals surface area contributed by atoms with Crippen LogP contribution < -0.4 is 10.2 Å². The Morgan fingerprint density at radius 3 is 2.37 bits per heavy atom. The largest absolute Gasteiger partial charge is 0.369 e. The van der Waals surface area contributed by atoms with Gasteiger partial charge in [0.15, 0.2) is 0 Å². The van der Waals surface area contributed by atoms with Crippen molar-refractivity contribution in [2.75, 3.05) is 36.4 Å². The molecular formula is C20H23N3O3S. The standard InChI is InChI=1S/C20H23N3O3S/c1-14-3-4-17(11-15(14)2)22-7-9-23(10-8-22)27(25,26)18-5-6-19-16(12-18)13-20(24)21-19/h3-6,11-12H,7-10,13H2,1-2H3,(H,21,24). The van der Waals surface area contributed by atoms with E-state index in [2.05, 4.69) is 42.3 Å². The van der Waals surface area contributed by atoms with Crippen LogP contribution in [0.1, 0.15) is 16.7 Å². The molecule has 2 aromatic carbocycles. The quantitative estimate of drug-likeness (QED) is 0.880. The molecule has 2 aromatic rings. The first kappa shape index (κ1) is 18.0. The maximum atomic E-state index is 13.0. The van der Waals surface area contributed by atoms with Crippen molar-refractivity contribution < 1.29 is 13.2 Å². The zero-order valence-electron chi connectivity index (χ0n) is 15.5. The van der Waals surface area contributed by atoms with Crippen LogP contribution >= 0.6 is 0 Å². The third-order valence-corrected chi connectivity index (χ3v) is 7.33. The van der Waals surface area contributed by atoms with Crippen LogP contribution in [-0.2, 0) is 21.2 Å². The summed E-state index contributed by atoms with van der Waals surface area (Å²) in [4.78, 5) is 14.0. The summed E-state index contributed by atoms with van der Waals surface area (Å²) < 4.78 is 27.6. The number of carbonyl (C=O) groups excluding carboxylic acids is 1. The Hall–Kier alpha value is -2.38. The van der Waals surface area contributed by atoms with E-state index in [1.54, 1.807) is 18.2 Å². The van der Waals surface area contributed by atoms with Gasteiger partial charge in [-0.05, 0) is 60.9 Å². The molecular weight excluding hydrogens is 362 g/mol. The minimum Gasteiger partial charge on any atom is -0.369 e. The fourth-order valence-corrected chi connectivity index (χ4v) is 5.10. The van der Waals surface area contributed by atoms with E-state index in [1.165, 1.54) is 15.4 Å². The smallest absolute Gasteiger partial charge is 0.243 e. The molecule has 0 radical (unpaired) electrons. The first-order chi connectivity index (χ1) is 12.8. The van der Waals surface area contributed by atoms with Gasteiger partial charge in [0.25, 0.3) is 0 Å². The Labute approximate surface area is 159 Å². The van der Waals surface area contributed by atoms with Gasteiger partial charge in [0.05, 0.1) is 11.3 Å². The van der Waals surface area contributed by atoms with Gasteiger partial charge in [0.1, 0.15) is 0 Å². The van der Waals surface area contributed by atoms with Crippen molar-refractivity contribution in [3.05, 3.63) is 53.1 Å². The monoisotopic (exact) mass is 385 g/mol. The molecule has 0 aliphatic carbocycles. The lowest BCUT2D eigenvalue weighted by Gasteiger charge is -2.35. The van der Waals surface area contributed by atoms with Gasteiger partial charge in [-0.2, -0.15) is 4.31 Å². The number of nitrogens with zero attached hydrogens (tertiary/aromatic N) is 2. The number of hydrogen-bond acceptors (Lipinski definition) is 4. The molecule has 0 unspecified atom stereocenters. The van der Waals surface area contributed by atoms with Gasteiger partial charge in [-0.25, -0.2) is 8.42 Å². The number of hydrogen-bond donors (Lipinski definition) is 1. The van der Waals surface area contributed by atoms with E-state index in [1.807, 2.05) is 0 Å². The first-order valence-corrected chi connectivity index (χ1v) is 10.5. The van der Waals surface area contributed by atoms with E-state index in [0.29, 0.717) is 31.9 Å². The highest BCUT2D eigenvalue weighted by Crippen LogP contribution is 2.28. The molecule has 0 aromatic heterocycles. The number of nitrogens with one attached hydrogen (secondary N) is 1. The van der Waals surface area contributed by atoms with Crippen molar-refractivity contribution in [3.63, 3.8) is 0 Å². The summed E-state index contributed by atoms with van der Waals surface area (Å²) in [6.07, 6.45) is 0.235. The number of anilines is 2. The van der Waals surface area contributed by atoms with Crippen LogP contribution in [0.5, 0.6) is 0 Å². The van der Waals surface area contributed by atoms with E-state index >= 15 is 0 Å². The minimum atomic E-state index is -3.55. The number of amides is 1. The highest BCUT2D eigenvalue weighted by Gasteiger charge is 2.30. The Morgan fingerprint density at radius 2 is 1.67 bits per heavy atom. The molecule has 2 aliphatic heterocycles. The Kier molecular flexibility index (Phi) is 4.44. The maximum Gasteiger partial charge on any atom is 0.243 e. The molecule has 6 nitrogen and oxygen atoms in total. The molecule has 27 heavy (non-hydrogen) atoms. The number of sulfonamides is 1. The fourth-order valence-electron chi connectivity index (χ4n) is 3.62. The van der Waals surface area contributed by atoms with Crippen molar-refractivity contribution >= 4 is 27.3 Å². The summed E-state index contributed by atoms with van der Waals surface area (Å²) in [6.45, 7) is 6.39. The second-order valence-corrected chi connectivity index (χ2v) is 9.14. The van der Waals surface area contributed by atoms with E-state index in [0.717, 1.165) is 11.3 Å². The lowest BCUT2D eigenvalue weighted by Crippen LogP contribution is -2.48. The summed E-state index contributed by atoms with van der Waals surface area (Å²) in [5.41, 5.74) is 5.08. The molecule has 1 fully saturated rings. The van der Waals surface area contributed by atoms with Crippen LogP contribution in [0.4, 0.5) is 11.4 Å². The molecule has 2 aliphatic rings. The second-order valence-electron chi connectivity index (χ2n) is 7.20. The average molecular weight is 385 g/mol. The lowest BCUT2D eigenvalue weighted by atomic mass is 10.1. The fraction of sp³-hybridized carbons (Fsp3) is 0.350. The van der Waals surface area contributed by atoms with Gasteiger partial charge < -0.3 is 10.2 Å². The van der Waals surface area contributed by atoms with Crippen LogP contribution in [0.2, 0.25) is 0 Å². The van der Waals surface area contributed by atoms with E-state index in [9.17, 15) is 13.2 Å². The van der Waals surface area contributed by atoms with E-state index < -0.39 is 10.0 Å². The van der Waals surface area contributed by atoms with Crippen molar-refractivity contribution in [2.45, 2.75) is 25.2 Å². The van der Waals surface area contributed by atoms with Gasteiger partial charge in [0, 0.05) is 37.6 Å². The SMILES string of the molecule is Cc1ccc(N2CCN(S(=O)(=O)c3ccc4c(c3)CC(=O)N4)CC2)cc1C. The molecule has 1 saturated heterocycles. The molecule has 2 heterocycles. The maximum absolute atomic E-state index is 13.0. The predicted octanol–water partition coefficient (Wildman–Crippen LogP) is 2.31. The van der Waals surface area contributed by atoms with Crippen molar-refractivity contribution in [2.24, 2.45) is 0 Å². The topological polar surface area (TPSA) is 69.7 Å². The average Bonchev–Trinajstić information content (AvgIpc) is 3.03. The first-order valence-electron chi connectivity index (χ1n) is 9.10. The second kappa shape index (κ2) is 6.65. The van der Waals surface area contributed by atoms with Gasteiger partial charge in [0.2, 0.25) is 15.9 Å². The summed E-state index contributed by atoms with van der Waals surface area (Å²) in [7, 11) is -3.55. The van der Waals surface area contributed by atoms with Gasteiger partial charge >= 0.3 is 0 Å². The lowest BCUT2D eigenvalue weighted by molar-refractivity contribution is -0.115. The normalized spacial score (nSPS) is 17.7. The molecule has 0 atom stereocenters. The Balaban J connectivity index is 1.49. The molecule has 0 bridgehead atoms. The Morgan fingerprint density at radius 1 is 0.926 bits per heavy atom. The molecule has 142 valence electrons. The van der Waals surface area contributed by atoms with Crippen molar-refractivity contribution in [1.29, 1.82) is 0 Å². The number of piperazine rings is 1. The molecule has 0 spiro atoms.